The van der Waals surface area contributed by atoms with Crippen LogP contribution in [-0.2, 0) is 6.54 Å². The van der Waals surface area contributed by atoms with Gasteiger partial charge < -0.3 is 10.2 Å². The molecule has 0 spiro atoms. The minimum Gasteiger partial charge on any atom is -0.355 e. The molecule has 9 nitrogen and oxygen atoms in total. The first-order valence-corrected chi connectivity index (χ1v) is 11.4. The number of hydrogen-bond donors (Lipinski definition) is 2. The van der Waals surface area contributed by atoms with Crippen LogP contribution in [0.4, 0.5) is 5.82 Å². The van der Waals surface area contributed by atoms with Crippen molar-refractivity contribution in [1.29, 1.82) is 0 Å². The monoisotopic (exact) mass is 429 g/mol. The third-order valence-corrected chi connectivity index (χ3v) is 6.99. The molecule has 3 aromatic heterocycles. The van der Waals surface area contributed by atoms with Gasteiger partial charge in [0.2, 0.25) is 0 Å². The minimum absolute atomic E-state index is 0.518. The van der Waals surface area contributed by atoms with Crippen LogP contribution in [0.3, 0.4) is 0 Å². The predicted molar refractivity (Wildman–Crippen MR) is 123 cm³/mol. The standard InChI is InChI=1S/C23H27N9/c1-3-32-25-13-21(30-32)17-6-7-18(23-19(17)12-24-29-23)20-8-9-22(28-27-20)31(2)16-10-14-4-5-15(11-16)26-14/h6-9,12-16,26H,3-5,10-11H2,1-2H3,(H,24,29). The van der Waals surface area contributed by atoms with Crippen LogP contribution < -0.4 is 10.2 Å². The summed E-state index contributed by atoms with van der Waals surface area (Å²) in [6.45, 7) is 2.76. The van der Waals surface area contributed by atoms with Gasteiger partial charge in [0.1, 0.15) is 5.69 Å². The van der Waals surface area contributed by atoms with Crippen LogP contribution in [0.25, 0.3) is 33.4 Å². The molecule has 4 aromatic rings. The highest BCUT2D eigenvalue weighted by Gasteiger charge is 2.35. The Bertz CT molecular complexity index is 1230. The Hall–Kier alpha value is -3.33. The number of aromatic nitrogens is 7. The van der Waals surface area contributed by atoms with E-state index in [9.17, 15) is 0 Å². The van der Waals surface area contributed by atoms with Crippen LogP contribution in [0.15, 0.2) is 36.7 Å². The summed E-state index contributed by atoms with van der Waals surface area (Å²) in [5.41, 5.74) is 4.57. The van der Waals surface area contributed by atoms with Crippen LogP contribution in [0.2, 0.25) is 0 Å². The third kappa shape index (κ3) is 3.24. The number of nitrogens with one attached hydrogen (secondary N) is 2. The van der Waals surface area contributed by atoms with Gasteiger partial charge in [0.15, 0.2) is 5.82 Å². The Morgan fingerprint density at radius 1 is 1.00 bits per heavy atom. The Morgan fingerprint density at radius 3 is 2.53 bits per heavy atom. The highest BCUT2D eigenvalue weighted by atomic mass is 15.5. The van der Waals surface area contributed by atoms with Gasteiger partial charge in [-0.15, -0.1) is 10.2 Å². The smallest absolute Gasteiger partial charge is 0.151 e. The van der Waals surface area contributed by atoms with Crippen molar-refractivity contribution in [2.24, 2.45) is 0 Å². The quantitative estimate of drug-likeness (QED) is 0.503. The number of H-pyrrole nitrogens is 1. The SMILES string of the molecule is CCn1ncc(-c2ccc(-c3ccc(N(C)C4CC5CCC(C4)N5)nn3)c3[nH]ncc23)n1. The second kappa shape index (κ2) is 7.67. The molecule has 9 heteroatoms. The molecule has 2 fully saturated rings. The first-order valence-electron chi connectivity index (χ1n) is 11.4. The van der Waals surface area contributed by atoms with Gasteiger partial charge in [0, 0.05) is 41.7 Å². The zero-order valence-corrected chi connectivity index (χ0v) is 18.4. The minimum atomic E-state index is 0.518. The van der Waals surface area contributed by atoms with Gasteiger partial charge >= 0.3 is 0 Å². The molecule has 5 heterocycles. The van der Waals surface area contributed by atoms with Crippen LogP contribution in [0.1, 0.15) is 32.6 Å². The molecule has 0 radical (unpaired) electrons. The van der Waals surface area contributed by atoms with Crippen LogP contribution in [-0.4, -0.2) is 60.6 Å². The van der Waals surface area contributed by atoms with Gasteiger partial charge in [-0.3, -0.25) is 5.10 Å². The molecule has 1 aromatic carbocycles. The number of benzene rings is 1. The summed E-state index contributed by atoms with van der Waals surface area (Å²) in [7, 11) is 2.14. The number of aromatic amines is 1. The summed E-state index contributed by atoms with van der Waals surface area (Å²) in [5, 5.41) is 30.1. The van der Waals surface area contributed by atoms with E-state index in [1.165, 1.54) is 25.7 Å². The van der Waals surface area contributed by atoms with Crippen LogP contribution in [0, 0.1) is 0 Å². The molecule has 2 saturated heterocycles. The molecule has 2 aliphatic heterocycles. The zero-order chi connectivity index (χ0) is 21.7. The number of anilines is 1. The maximum atomic E-state index is 4.58. The van der Waals surface area contributed by atoms with E-state index in [1.807, 2.05) is 13.1 Å². The highest BCUT2D eigenvalue weighted by Crippen LogP contribution is 2.34. The van der Waals surface area contributed by atoms with Crippen molar-refractivity contribution in [3.8, 4) is 22.5 Å². The molecule has 2 N–H and O–H groups in total. The van der Waals surface area contributed by atoms with Crippen molar-refractivity contribution < 1.29 is 0 Å². The number of nitrogens with zero attached hydrogens (tertiary/aromatic N) is 7. The predicted octanol–water partition coefficient (Wildman–Crippen LogP) is 3.02. The lowest BCUT2D eigenvalue weighted by Gasteiger charge is -2.36. The Labute approximate surface area is 186 Å². The summed E-state index contributed by atoms with van der Waals surface area (Å²) < 4.78 is 0. The van der Waals surface area contributed by atoms with Gasteiger partial charge in [0.25, 0.3) is 0 Å². The highest BCUT2D eigenvalue weighted by molar-refractivity contribution is 6.01. The second-order valence-corrected chi connectivity index (χ2v) is 8.89. The van der Waals surface area contributed by atoms with Crippen molar-refractivity contribution >= 4 is 16.7 Å². The maximum Gasteiger partial charge on any atom is 0.151 e. The van der Waals surface area contributed by atoms with E-state index in [2.05, 4.69) is 72.1 Å². The van der Waals surface area contributed by atoms with Crippen LogP contribution >= 0.6 is 0 Å². The first kappa shape index (κ1) is 19.4. The number of fused-ring (bicyclic) bond motifs is 3. The molecular formula is C23H27N9. The molecule has 2 bridgehead atoms. The molecule has 6 rings (SSSR count). The topological polar surface area (TPSA) is 100 Å². The normalized spacial score (nSPS) is 22.5. The lowest BCUT2D eigenvalue weighted by Crippen LogP contribution is -2.47. The summed E-state index contributed by atoms with van der Waals surface area (Å²) in [6.07, 6.45) is 8.57. The van der Waals surface area contributed by atoms with Gasteiger partial charge in [-0.25, -0.2) is 0 Å². The van der Waals surface area contributed by atoms with E-state index < -0.39 is 0 Å². The van der Waals surface area contributed by atoms with E-state index in [-0.39, 0.29) is 0 Å². The van der Waals surface area contributed by atoms with Gasteiger partial charge in [-0.2, -0.15) is 20.1 Å². The van der Waals surface area contributed by atoms with E-state index in [0.29, 0.717) is 18.1 Å². The average molecular weight is 430 g/mol. The summed E-state index contributed by atoms with van der Waals surface area (Å²) in [4.78, 5) is 3.98. The Morgan fingerprint density at radius 2 is 1.81 bits per heavy atom. The number of rotatable bonds is 5. The number of aryl methyl sites for hydroxylation is 1. The van der Waals surface area contributed by atoms with Gasteiger partial charge in [0.05, 0.1) is 30.1 Å². The lowest BCUT2D eigenvalue weighted by atomic mass is 9.98. The lowest BCUT2D eigenvalue weighted by molar-refractivity contribution is 0.353. The Balaban J connectivity index is 1.29. The summed E-state index contributed by atoms with van der Waals surface area (Å²) >= 11 is 0. The fourth-order valence-electron chi connectivity index (χ4n) is 5.23. The summed E-state index contributed by atoms with van der Waals surface area (Å²) in [6, 6.07) is 10.1. The fraction of sp³-hybridized carbons (Fsp3) is 0.435. The molecule has 0 saturated carbocycles. The van der Waals surface area contributed by atoms with Crippen molar-refractivity contribution in [3.05, 3.63) is 36.7 Å². The molecule has 0 aliphatic carbocycles. The molecule has 0 amide bonds. The van der Waals surface area contributed by atoms with E-state index in [1.54, 1.807) is 11.0 Å². The second-order valence-electron chi connectivity index (χ2n) is 8.89. The van der Waals surface area contributed by atoms with E-state index in [4.69, 9.17) is 0 Å². The first-order chi connectivity index (χ1) is 15.7. The summed E-state index contributed by atoms with van der Waals surface area (Å²) in [5.74, 6) is 0.925. The fourth-order valence-corrected chi connectivity index (χ4v) is 5.23. The van der Waals surface area contributed by atoms with Crippen molar-refractivity contribution in [1.82, 2.24) is 40.7 Å². The van der Waals surface area contributed by atoms with E-state index >= 15 is 0 Å². The zero-order valence-electron chi connectivity index (χ0n) is 18.4. The molecule has 164 valence electrons. The van der Waals surface area contributed by atoms with Crippen molar-refractivity contribution in [3.63, 3.8) is 0 Å². The Kier molecular flexibility index (Phi) is 4.64. The number of piperidine rings is 1. The third-order valence-electron chi connectivity index (χ3n) is 6.99. The average Bonchev–Trinajstić information content (AvgIpc) is 3.58. The molecular weight excluding hydrogens is 402 g/mol. The van der Waals surface area contributed by atoms with Gasteiger partial charge in [-0.1, -0.05) is 6.07 Å². The largest absolute Gasteiger partial charge is 0.355 e. The maximum absolute atomic E-state index is 4.58. The van der Waals surface area contributed by atoms with Gasteiger partial charge in [-0.05, 0) is 50.8 Å². The van der Waals surface area contributed by atoms with Crippen molar-refractivity contribution in [2.75, 3.05) is 11.9 Å². The van der Waals surface area contributed by atoms with E-state index in [0.717, 1.165) is 45.8 Å². The van der Waals surface area contributed by atoms with Crippen molar-refractivity contribution in [2.45, 2.75) is 57.3 Å². The number of hydrogen-bond acceptors (Lipinski definition) is 7. The molecule has 32 heavy (non-hydrogen) atoms. The molecule has 2 unspecified atom stereocenters. The van der Waals surface area contributed by atoms with Crippen LogP contribution in [0.5, 0.6) is 0 Å². The molecule has 2 atom stereocenters. The molecule has 2 aliphatic rings.